The fraction of sp³-hybridized carbons (Fsp3) is 0.231. The van der Waals surface area contributed by atoms with Crippen molar-refractivity contribution in [2.45, 2.75) is 13.8 Å². The van der Waals surface area contributed by atoms with Crippen LogP contribution in [-0.4, -0.2) is 6.61 Å². The van der Waals surface area contributed by atoms with E-state index < -0.39 is 0 Å². The van der Waals surface area contributed by atoms with E-state index in [1.54, 1.807) is 0 Å². The van der Waals surface area contributed by atoms with Gasteiger partial charge in [0.1, 0.15) is 5.75 Å². The third-order valence-corrected chi connectivity index (χ3v) is 1.90. The van der Waals surface area contributed by atoms with Crippen LogP contribution in [0, 0.1) is 0 Å². The molecule has 0 radical (unpaired) electrons. The Morgan fingerprint density at radius 3 is 2.79 bits per heavy atom. The molecule has 0 aliphatic heterocycles. The normalized spacial score (nSPS) is 10.4. The van der Waals surface area contributed by atoms with Gasteiger partial charge in [0.05, 0.1) is 6.61 Å². The molecule has 0 bridgehead atoms. The third-order valence-electron chi connectivity index (χ3n) is 1.90. The van der Waals surface area contributed by atoms with Crippen molar-refractivity contribution < 1.29 is 4.74 Å². The van der Waals surface area contributed by atoms with E-state index in [9.17, 15) is 0 Å². The van der Waals surface area contributed by atoms with Crippen LogP contribution in [0.3, 0.4) is 0 Å². The molecule has 0 aromatic heterocycles. The lowest BCUT2D eigenvalue weighted by atomic mass is 10.1. The van der Waals surface area contributed by atoms with Gasteiger partial charge in [-0.05, 0) is 25.5 Å². The van der Waals surface area contributed by atoms with Crippen LogP contribution in [0.15, 0.2) is 43.0 Å². The van der Waals surface area contributed by atoms with Crippen molar-refractivity contribution in [3.05, 3.63) is 48.6 Å². The Labute approximate surface area is 85.7 Å². The van der Waals surface area contributed by atoms with Gasteiger partial charge in [-0.1, -0.05) is 36.9 Å². The topological polar surface area (TPSA) is 9.23 Å². The zero-order chi connectivity index (χ0) is 10.4. The minimum atomic E-state index is 0.681. The number of para-hydroxylation sites is 1. The van der Waals surface area contributed by atoms with Gasteiger partial charge in [0.25, 0.3) is 0 Å². The summed E-state index contributed by atoms with van der Waals surface area (Å²) in [7, 11) is 0. The van der Waals surface area contributed by atoms with Gasteiger partial charge in [0, 0.05) is 5.56 Å². The Balaban J connectivity index is 3.00. The molecule has 1 aromatic carbocycles. The van der Waals surface area contributed by atoms with Gasteiger partial charge in [-0.15, -0.1) is 0 Å². The van der Waals surface area contributed by atoms with E-state index in [4.69, 9.17) is 4.74 Å². The lowest BCUT2D eigenvalue weighted by Crippen LogP contribution is -1.94. The highest BCUT2D eigenvalue weighted by Gasteiger charge is 2.02. The van der Waals surface area contributed by atoms with Crippen LogP contribution < -0.4 is 4.74 Å². The highest BCUT2D eigenvalue weighted by molar-refractivity contribution is 5.75. The monoisotopic (exact) mass is 188 g/mol. The molecule has 74 valence electrons. The molecule has 0 aliphatic rings. The summed E-state index contributed by atoms with van der Waals surface area (Å²) in [4.78, 5) is 0. The van der Waals surface area contributed by atoms with E-state index in [0.29, 0.717) is 6.61 Å². The van der Waals surface area contributed by atoms with Crippen molar-refractivity contribution in [1.82, 2.24) is 0 Å². The molecule has 1 rings (SSSR count). The molecule has 0 aliphatic carbocycles. The van der Waals surface area contributed by atoms with Crippen LogP contribution in [0.2, 0.25) is 0 Å². The van der Waals surface area contributed by atoms with Gasteiger partial charge in [0.2, 0.25) is 0 Å². The van der Waals surface area contributed by atoms with Crippen LogP contribution in [0.1, 0.15) is 19.4 Å². The minimum Gasteiger partial charge on any atom is -0.493 e. The molecule has 0 fully saturated rings. The van der Waals surface area contributed by atoms with E-state index in [-0.39, 0.29) is 0 Å². The van der Waals surface area contributed by atoms with Crippen LogP contribution in [-0.2, 0) is 0 Å². The van der Waals surface area contributed by atoms with Crippen LogP contribution in [0.5, 0.6) is 5.75 Å². The summed E-state index contributed by atoms with van der Waals surface area (Å²) in [5.41, 5.74) is 2.05. The minimum absolute atomic E-state index is 0.681. The van der Waals surface area contributed by atoms with E-state index >= 15 is 0 Å². The van der Waals surface area contributed by atoms with Gasteiger partial charge in [-0.2, -0.15) is 0 Å². The number of hydrogen-bond acceptors (Lipinski definition) is 1. The molecule has 0 spiro atoms. The molecule has 1 aromatic rings. The Morgan fingerprint density at radius 2 is 2.14 bits per heavy atom. The smallest absolute Gasteiger partial charge is 0.127 e. The van der Waals surface area contributed by atoms with Crippen LogP contribution >= 0.6 is 0 Å². The average molecular weight is 188 g/mol. The van der Waals surface area contributed by atoms with Crippen LogP contribution in [0.25, 0.3) is 5.57 Å². The lowest BCUT2D eigenvalue weighted by Gasteiger charge is -2.09. The average Bonchev–Trinajstić information content (AvgIpc) is 2.19. The summed E-state index contributed by atoms with van der Waals surface area (Å²) < 4.78 is 5.51. The largest absolute Gasteiger partial charge is 0.493 e. The predicted molar refractivity (Wildman–Crippen MR) is 61.5 cm³/mol. The first-order chi connectivity index (χ1) is 6.79. The van der Waals surface area contributed by atoms with Crippen molar-refractivity contribution in [1.29, 1.82) is 0 Å². The fourth-order valence-corrected chi connectivity index (χ4v) is 1.30. The number of hydrogen-bond donors (Lipinski definition) is 0. The van der Waals surface area contributed by atoms with Gasteiger partial charge < -0.3 is 4.74 Å². The zero-order valence-corrected chi connectivity index (χ0v) is 8.79. The van der Waals surface area contributed by atoms with Crippen molar-refractivity contribution in [3.8, 4) is 5.75 Å². The fourth-order valence-electron chi connectivity index (χ4n) is 1.30. The quantitative estimate of drug-likeness (QED) is 0.655. The summed E-state index contributed by atoms with van der Waals surface area (Å²) in [6, 6.07) is 7.95. The Kier molecular flexibility index (Phi) is 3.99. The summed E-state index contributed by atoms with van der Waals surface area (Å²) in [5.74, 6) is 0.901. The Hall–Kier alpha value is -1.50. The SMILES string of the molecule is C=C(/C=C\C)c1ccccc1OCC. The number of rotatable bonds is 4. The highest BCUT2D eigenvalue weighted by atomic mass is 16.5. The second-order valence-corrected chi connectivity index (χ2v) is 2.95. The Morgan fingerprint density at radius 1 is 1.43 bits per heavy atom. The van der Waals surface area contributed by atoms with Gasteiger partial charge >= 0.3 is 0 Å². The molecule has 0 saturated carbocycles. The van der Waals surface area contributed by atoms with Crippen molar-refractivity contribution >= 4 is 5.57 Å². The molecule has 0 atom stereocenters. The molecule has 0 heterocycles. The van der Waals surface area contributed by atoms with Gasteiger partial charge in [0.15, 0.2) is 0 Å². The molecule has 0 amide bonds. The standard InChI is InChI=1S/C13H16O/c1-4-8-11(3)12-9-6-7-10-13(12)14-5-2/h4,6-10H,3,5H2,1-2H3/b8-4-. The summed E-state index contributed by atoms with van der Waals surface area (Å²) in [5, 5.41) is 0. The summed E-state index contributed by atoms with van der Waals surface area (Å²) >= 11 is 0. The molecule has 0 N–H and O–H groups in total. The summed E-state index contributed by atoms with van der Waals surface area (Å²) in [6.45, 7) is 8.63. The predicted octanol–water partition coefficient (Wildman–Crippen LogP) is 3.67. The molecular formula is C13H16O. The van der Waals surface area contributed by atoms with Crippen LogP contribution in [0.4, 0.5) is 0 Å². The highest BCUT2D eigenvalue weighted by Crippen LogP contribution is 2.25. The Bertz CT molecular complexity index is 337. The summed E-state index contributed by atoms with van der Waals surface area (Å²) in [6.07, 6.45) is 3.96. The molecule has 14 heavy (non-hydrogen) atoms. The second-order valence-electron chi connectivity index (χ2n) is 2.95. The maximum atomic E-state index is 5.51. The molecule has 0 unspecified atom stereocenters. The van der Waals surface area contributed by atoms with Gasteiger partial charge in [-0.25, -0.2) is 0 Å². The lowest BCUT2D eigenvalue weighted by molar-refractivity contribution is 0.339. The third kappa shape index (κ3) is 2.49. The van der Waals surface area contributed by atoms with E-state index in [1.807, 2.05) is 50.3 Å². The molecule has 1 heteroatoms. The zero-order valence-electron chi connectivity index (χ0n) is 8.79. The van der Waals surface area contributed by atoms with Gasteiger partial charge in [-0.3, -0.25) is 0 Å². The van der Waals surface area contributed by atoms with Crippen molar-refractivity contribution in [2.75, 3.05) is 6.61 Å². The first kappa shape index (κ1) is 10.6. The first-order valence-corrected chi connectivity index (χ1v) is 4.83. The maximum Gasteiger partial charge on any atom is 0.127 e. The molecule has 0 saturated heterocycles. The van der Waals surface area contributed by atoms with E-state index in [1.165, 1.54) is 0 Å². The number of benzene rings is 1. The molecule has 1 nitrogen and oxygen atoms in total. The second kappa shape index (κ2) is 5.28. The van der Waals surface area contributed by atoms with E-state index in [2.05, 4.69) is 6.58 Å². The van der Waals surface area contributed by atoms with Crippen molar-refractivity contribution in [2.24, 2.45) is 0 Å². The number of allylic oxidation sites excluding steroid dienone is 3. The molecular weight excluding hydrogens is 172 g/mol. The van der Waals surface area contributed by atoms with Crippen molar-refractivity contribution in [3.63, 3.8) is 0 Å². The maximum absolute atomic E-state index is 5.51. The number of ether oxygens (including phenoxy) is 1. The first-order valence-electron chi connectivity index (χ1n) is 4.83. The van der Waals surface area contributed by atoms with E-state index in [0.717, 1.165) is 16.9 Å².